The van der Waals surface area contributed by atoms with Gasteiger partial charge in [-0.2, -0.15) is 0 Å². The fraction of sp³-hybridized carbons (Fsp3) is 0.571. The number of aryl methyl sites for hydroxylation is 2. The Hall–Kier alpha value is -0.570. The summed E-state index contributed by atoms with van der Waals surface area (Å²) in [7, 11) is 1.72. The Bertz CT molecular complexity index is 335. The largest absolute Gasteiger partial charge is 0.383 e. The molecule has 0 aromatic heterocycles. The molecule has 0 spiro atoms. The topological polar surface area (TPSA) is 21.3 Å². The second kappa shape index (κ2) is 7.70. The highest BCUT2D eigenvalue weighted by atomic mass is 35.5. The lowest BCUT2D eigenvalue weighted by Gasteiger charge is -2.17. The molecule has 0 heterocycles. The van der Waals surface area contributed by atoms with Crippen LogP contribution in [0.2, 0.25) is 0 Å². The summed E-state index contributed by atoms with van der Waals surface area (Å²) >= 11 is 5.76. The molecule has 1 aromatic carbocycles. The van der Waals surface area contributed by atoms with Crippen molar-refractivity contribution in [2.75, 3.05) is 19.6 Å². The highest BCUT2D eigenvalue weighted by Gasteiger charge is 2.07. The fourth-order valence-corrected chi connectivity index (χ4v) is 2.02. The molecule has 1 N–H and O–H groups in total. The third-order valence-corrected chi connectivity index (χ3v) is 3.21. The predicted octanol–water partition coefficient (Wildman–Crippen LogP) is 3.04. The average Bonchev–Trinajstić information content (AvgIpc) is 2.31. The zero-order valence-electron chi connectivity index (χ0n) is 10.9. The van der Waals surface area contributed by atoms with Gasteiger partial charge in [0.1, 0.15) is 0 Å². The summed E-state index contributed by atoms with van der Waals surface area (Å²) in [4.78, 5) is 0. The van der Waals surface area contributed by atoms with Crippen molar-refractivity contribution in [3.8, 4) is 0 Å². The molecule has 2 nitrogen and oxygen atoms in total. The van der Waals surface area contributed by atoms with Crippen molar-refractivity contribution < 1.29 is 4.74 Å². The summed E-state index contributed by atoms with van der Waals surface area (Å²) in [5.74, 6) is 0.661. The third-order valence-electron chi connectivity index (χ3n) is 2.99. The SMILES string of the molecule is COCC(CCCl)NCc1ccc(C)c(C)c1. The maximum atomic E-state index is 5.76. The fourth-order valence-electron chi connectivity index (χ4n) is 1.75. The van der Waals surface area contributed by atoms with Gasteiger partial charge in [0.25, 0.3) is 0 Å². The highest BCUT2D eigenvalue weighted by molar-refractivity contribution is 6.17. The van der Waals surface area contributed by atoms with Gasteiger partial charge >= 0.3 is 0 Å². The second-order valence-electron chi connectivity index (χ2n) is 4.43. The zero-order chi connectivity index (χ0) is 12.7. The van der Waals surface area contributed by atoms with Gasteiger partial charge in [0.15, 0.2) is 0 Å². The summed E-state index contributed by atoms with van der Waals surface area (Å²) in [6.45, 7) is 5.85. The summed E-state index contributed by atoms with van der Waals surface area (Å²) in [5, 5.41) is 3.48. The number of halogens is 1. The molecule has 0 aliphatic rings. The second-order valence-corrected chi connectivity index (χ2v) is 4.81. The van der Waals surface area contributed by atoms with Crippen molar-refractivity contribution in [1.29, 1.82) is 0 Å². The molecule has 1 rings (SSSR count). The van der Waals surface area contributed by atoms with Crippen molar-refractivity contribution in [3.63, 3.8) is 0 Å². The van der Waals surface area contributed by atoms with Crippen LogP contribution in [-0.2, 0) is 11.3 Å². The minimum Gasteiger partial charge on any atom is -0.383 e. The van der Waals surface area contributed by atoms with E-state index in [0.717, 1.165) is 13.0 Å². The van der Waals surface area contributed by atoms with Crippen LogP contribution >= 0.6 is 11.6 Å². The molecule has 0 amide bonds. The number of hydrogen-bond acceptors (Lipinski definition) is 2. The average molecular weight is 256 g/mol. The molecular weight excluding hydrogens is 234 g/mol. The van der Waals surface area contributed by atoms with Gasteiger partial charge in [-0.05, 0) is 37.0 Å². The zero-order valence-corrected chi connectivity index (χ0v) is 11.7. The van der Waals surface area contributed by atoms with E-state index in [-0.39, 0.29) is 0 Å². The Morgan fingerprint density at radius 1 is 1.29 bits per heavy atom. The molecule has 0 aliphatic carbocycles. The van der Waals surface area contributed by atoms with Crippen LogP contribution in [0, 0.1) is 13.8 Å². The number of methoxy groups -OCH3 is 1. The molecule has 0 fully saturated rings. The lowest BCUT2D eigenvalue weighted by Crippen LogP contribution is -2.33. The Labute approximate surface area is 109 Å². The molecule has 96 valence electrons. The summed E-state index contributed by atoms with van der Waals surface area (Å²) in [6.07, 6.45) is 0.931. The number of benzene rings is 1. The minimum absolute atomic E-state index is 0.333. The molecule has 0 saturated heterocycles. The lowest BCUT2D eigenvalue weighted by atomic mass is 10.1. The van der Waals surface area contributed by atoms with Crippen molar-refractivity contribution in [1.82, 2.24) is 5.32 Å². The van der Waals surface area contributed by atoms with Gasteiger partial charge in [-0.3, -0.25) is 0 Å². The van der Waals surface area contributed by atoms with Crippen molar-refractivity contribution in [2.45, 2.75) is 32.9 Å². The van der Waals surface area contributed by atoms with E-state index in [1.807, 2.05) is 0 Å². The predicted molar refractivity (Wildman–Crippen MR) is 73.8 cm³/mol. The molecule has 1 atom stereocenters. The first-order valence-corrected chi connectivity index (χ1v) is 6.55. The van der Waals surface area contributed by atoms with Crippen molar-refractivity contribution in [2.24, 2.45) is 0 Å². The van der Waals surface area contributed by atoms with Crippen LogP contribution in [-0.4, -0.2) is 25.6 Å². The van der Waals surface area contributed by atoms with Gasteiger partial charge in [0.05, 0.1) is 6.61 Å². The number of nitrogens with one attached hydrogen (secondary N) is 1. The van der Waals surface area contributed by atoms with E-state index in [1.165, 1.54) is 16.7 Å². The van der Waals surface area contributed by atoms with Crippen LogP contribution in [0.5, 0.6) is 0 Å². The first-order chi connectivity index (χ1) is 8.17. The molecule has 1 aromatic rings. The number of rotatable bonds is 7. The van der Waals surface area contributed by atoms with E-state index in [1.54, 1.807) is 7.11 Å². The molecule has 3 heteroatoms. The van der Waals surface area contributed by atoms with E-state index in [2.05, 4.69) is 37.4 Å². The normalized spacial score (nSPS) is 12.7. The van der Waals surface area contributed by atoms with Crippen LogP contribution in [0.4, 0.5) is 0 Å². The minimum atomic E-state index is 0.333. The number of alkyl halides is 1. The van der Waals surface area contributed by atoms with Crippen LogP contribution in [0.3, 0.4) is 0 Å². The van der Waals surface area contributed by atoms with Crippen LogP contribution in [0.25, 0.3) is 0 Å². The van der Waals surface area contributed by atoms with Gasteiger partial charge in [-0.25, -0.2) is 0 Å². The highest BCUT2D eigenvalue weighted by Crippen LogP contribution is 2.10. The number of ether oxygens (including phenoxy) is 1. The van der Waals surface area contributed by atoms with Gasteiger partial charge < -0.3 is 10.1 Å². The Morgan fingerprint density at radius 2 is 2.06 bits per heavy atom. The molecule has 0 radical (unpaired) electrons. The summed E-state index contributed by atoms with van der Waals surface area (Å²) in [5.41, 5.74) is 3.98. The smallest absolute Gasteiger partial charge is 0.0616 e. The Kier molecular flexibility index (Phi) is 6.56. The monoisotopic (exact) mass is 255 g/mol. The van der Waals surface area contributed by atoms with E-state index in [4.69, 9.17) is 16.3 Å². The molecule has 0 saturated carbocycles. The van der Waals surface area contributed by atoms with Gasteiger partial charge in [-0.1, -0.05) is 18.2 Å². The van der Waals surface area contributed by atoms with Crippen LogP contribution in [0.1, 0.15) is 23.1 Å². The molecule has 0 aliphatic heterocycles. The van der Waals surface area contributed by atoms with Gasteiger partial charge in [0.2, 0.25) is 0 Å². The standard InChI is InChI=1S/C14H22ClNO/c1-11-4-5-13(8-12(11)2)9-16-14(6-7-15)10-17-3/h4-5,8,14,16H,6-7,9-10H2,1-3H3. The van der Waals surface area contributed by atoms with Crippen LogP contribution < -0.4 is 5.32 Å². The Balaban J connectivity index is 2.49. The van der Waals surface area contributed by atoms with Crippen LogP contribution in [0.15, 0.2) is 18.2 Å². The lowest BCUT2D eigenvalue weighted by molar-refractivity contribution is 0.164. The van der Waals surface area contributed by atoms with E-state index in [0.29, 0.717) is 18.5 Å². The van der Waals surface area contributed by atoms with Gasteiger partial charge in [-0.15, -0.1) is 11.6 Å². The summed E-state index contributed by atoms with van der Waals surface area (Å²) < 4.78 is 5.17. The Morgan fingerprint density at radius 3 is 2.65 bits per heavy atom. The van der Waals surface area contributed by atoms with E-state index >= 15 is 0 Å². The first kappa shape index (κ1) is 14.5. The van der Waals surface area contributed by atoms with Crippen molar-refractivity contribution >= 4 is 11.6 Å². The van der Waals surface area contributed by atoms with E-state index in [9.17, 15) is 0 Å². The van der Waals surface area contributed by atoms with Crippen molar-refractivity contribution in [3.05, 3.63) is 34.9 Å². The summed E-state index contributed by atoms with van der Waals surface area (Å²) in [6, 6.07) is 6.89. The van der Waals surface area contributed by atoms with Gasteiger partial charge in [0, 0.05) is 25.6 Å². The van der Waals surface area contributed by atoms with E-state index < -0.39 is 0 Å². The number of hydrogen-bond donors (Lipinski definition) is 1. The molecule has 0 bridgehead atoms. The third kappa shape index (κ3) is 5.07. The molecular formula is C14H22ClNO. The molecule has 1 unspecified atom stereocenters. The molecule has 17 heavy (non-hydrogen) atoms. The maximum absolute atomic E-state index is 5.76. The first-order valence-electron chi connectivity index (χ1n) is 6.01. The quantitative estimate of drug-likeness (QED) is 0.757. The maximum Gasteiger partial charge on any atom is 0.0616 e.